The number of rotatable bonds is 5. The number of carbonyl (C=O) groups excluding carboxylic acids is 1. The van der Waals surface area contributed by atoms with Gasteiger partial charge in [0.25, 0.3) is 0 Å². The number of halogens is 1. The first-order valence-electron chi connectivity index (χ1n) is 10.9. The van der Waals surface area contributed by atoms with E-state index in [0.29, 0.717) is 34.4 Å². The van der Waals surface area contributed by atoms with Crippen LogP contribution in [0, 0.1) is 5.41 Å². The molecule has 0 saturated heterocycles. The van der Waals surface area contributed by atoms with E-state index in [1.54, 1.807) is 7.11 Å². The molecular weight excluding hydrogens is 426 g/mol. The number of hydrogen-bond acceptors (Lipinski definition) is 6. The molecule has 0 saturated carbocycles. The maximum Gasteiger partial charge on any atom is 0.336 e. The van der Waals surface area contributed by atoms with E-state index in [2.05, 4.69) is 19.2 Å². The second kappa shape index (κ2) is 8.75. The van der Waals surface area contributed by atoms with Crippen molar-refractivity contribution in [2.24, 2.45) is 5.41 Å². The summed E-state index contributed by atoms with van der Waals surface area (Å²) in [5, 5.41) is 3.89. The second-order valence-electron chi connectivity index (χ2n) is 9.30. The van der Waals surface area contributed by atoms with Crippen LogP contribution in [-0.2, 0) is 27.1 Å². The van der Waals surface area contributed by atoms with Gasteiger partial charge in [0, 0.05) is 34.8 Å². The summed E-state index contributed by atoms with van der Waals surface area (Å²) < 4.78 is 10.6. The zero-order chi connectivity index (χ0) is 23.0. The van der Waals surface area contributed by atoms with Crippen molar-refractivity contribution in [2.75, 3.05) is 31.4 Å². The summed E-state index contributed by atoms with van der Waals surface area (Å²) in [4.78, 5) is 18.2. The first-order chi connectivity index (χ1) is 15.2. The van der Waals surface area contributed by atoms with Crippen LogP contribution in [0.15, 0.2) is 35.5 Å². The highest BCUT2D eigenvalue weighted by molar-refractivity contribution is 6.31. The van der Waals surface area contributed by atoms with Gasteiger partial charge in [0.15, 0.2) is 0 Å². The minimum absolute atomic E-state index is 0.146. The van der Waals surface area contributed by atoms with Gasteiger partial charge in [-0.2, -0.15) is 0 Å². The summed E-state index contributed by atoms with van der Waals surface area (Å²) in [6.07, 6.45) is 2.79. The first-order valence-corrected chi connectivity index (χ1v) is 11.3. The molecule has 2 aromatic rings. The second-order valence-corrected chi connectivity index (χ2v) is 9.71. The SMILES string of the molecule is COCCOC(=O)C1=C(C)Nc2nc3c(c(N)c2C1c1ccccc1Cl)CC(C)(C)CC3. The maximum atomic E-state index is 13.2. The highest BCUT2D eigenvalue weighted by Crippen LogP contribution is 2.49. The molecule has 1 aromatic heterocycles. The summed E-state index contributed by atoms with van der Waals surface area (Å²) in [5.74, 6) is -0.199. The zero-order valence-electron chi connectivity index (χ0n) is 19.0. The maximum absolute atomic E-state index is 13.2. The molecule has 4 rings (SSSR count). The van der Waals surface area contributed by atoms with Crippen LogP contribution in [0.2, 0.25) is 5.02 Å². The monoisotopic (exact) mass is 455 g/mol. The molecule has 170 valence electrons. The summed E-state index contributed by atoms with van der Waals surface area (Å²) in [6, 6.07) is 7.54. The topological polar surface area (TPSA) is 86.5 Å². The minimum atomic E-state index is -0.474. The number of carbonyl (C=O) groups is 1. The van der Waals surface area contributed by atoms with Gasteiger partial charge >= 0.3 is 5.97 Å². The number of anilines is 2. The number of ether oxygens (including phenoxy) is 2. The summed E-state index contributed by atoms with van der Waals surface area (Å²) in [6.45, 7) is 6.86. The molecule has 0 bridgehead atoms. The van der Waals surface area contributed by atoms with Crippen LogP contribution in [0.5, 0.6) is 0 Å². The third-order valence-corrected chi connectivity index (χ3v) is 6.75. The third-order valence-electron chi connectivity index (χ3n) is 6.40. The molecule has 0 spiro atoms. The Kier molecular flexibility index (Phi) is 6.19. The number of esters is 1. The third kappa shape index (κ3) is 4.09. The lowest BCUT2D eigenvalue weighted by Gasteiger charge is -2.36. The first kappa shape index (κ1) is 22.6. The van der Waals surface area contributed by atoms with Crippen LogP contribution in [0.3, 0.4) is 0 Å². The lowest BCUT2D eigenvalue weighted by Crippen LogP contribution is -2.30. The van der Waals surface area contributed by atoms with Gasteiger partial charge in [0.05, 0.1) is 18.1 Å². The fourth-order valence-electron chi connectivity index (χ4n) is 4.72. The highest BCUT2D eigenvalue weighted by Gasteiger charge is 2.39. The van der Waals surface area contributed by atoms with Gasteiger partial charge in [0.1, 0.15) is 12.4 Å². The van der Waals surface area contributed by atoms with Gasteiger partial charge in [-0.15, -0.1) is 0 Å². The molecule has 3 N–H and O–H groups in total. The number of nitrogens with two attached hydrogens (primary N) is 1. The average Bonchev–Trinajstić information content (AvgIpc) is 2.74. The Morgan fingerprint density at radius 2 is 2.06 bits per heavy atom. The predicted octanol–water partition coefficient (Wildman–Crippen LogP) is 4.85. The van der Waals surface area contributed by atoms with E-state index in [9.17, 15) is 4.79 Å². The molecule has 0 radical (unpaired) electrons. The van der Waals surface area contributed by atoms with Crippen LogP contribution in [0.4, 0.5) is 11.5 Å². The van der Waals surface area contributed by atoms with Crippen molar-refractivity contribution in [1.82, 2.24) is 4.98 Å². The minimum Gasteiger partial charge on any atom is -0.460 e. The number of nitrogen functional groups attached to an aromatic ring is 1. The summed E-state index contributed by atoms with van der Waals surface area (Å²) >= 11 is 6.63. The number of methoxy groups -OCH3 is 1. The van der Waals surface area contributed by atoms with Crippen LogP contribution in [0.25, 0.3) is 0 Å². The van der Waals surface area contributed by atoms with Gasteiger partial charge in [-0.1, -0.05) is 43.6 Å². The molecule has 7 heteroatoms. The number of aromatic nitrogens is 1. The van der Waals surface area contributed by atoms with Crippen molar-refractivity contribution in [2.45, 2.75) is 46.0 Å². The normalized spacial score (nSPS) is 19.1. The summed E-state index contributed by atoms with van der Waals surface area (Å²) in [5.41, 5.74) is 12.5. The quantitative estimate of drug-likeness (QED) is 0.495. The van der Waals surface area contributed by atoms with Crippen LogP contribution < -0.4 is 11.1 Å². The number of nitrogens with zero attached hydrogens (tertiary/aromatic N) is 1. The van der Waals surface area contributed by atoms with Crippen molar-refractivity contribution in [3.05, 3.63) is 62.9 Å². The number of allylic oxidation sites excluding steroid dienone is 1. The van der Waals surface area contributed by atoms with Crippen molar-refractivity contribution in [1.29, 1.82) is 0 Å². The van der Waals surface area contributed by atoms with Crippen LogP contribution in [0.1, 0.15) is 55.5 Å². The van der Waals surface area contributed by atoms with Gasteiger partial charge < -0.3 is 20.5 Å². The molecule has 2 heterocycles. The predicted molar refractivity (Wildman–Crippen MR) is 127 cm³/mol. The molecule has 6 nitrogen and oxygen atoms in total. The van der Waals surface area contributed by atoms with Crippen LogP contribution in [-0.4, -0.2) is 31.3 Å². The lowest BCUT2D eigenvalue weighted by molar-refractivity contribution is -0.140. The van der Waals surface area contributed by atoms with Gasteiger partial charge in [-0.25, -0.2) is 9.78 Å². The molecule has 1 aromatic carbocycles. The van der Waals surface area contributed by atoms with Gasteiger partial charge in [-0.3, -0.25) is 0 Å². The van der Waals surface area contributed by atoms with E-state index < -0.39 is 11.9 Å². The van der Waals surface area contributed by atoms with Crippen molar-refractivity contribution >= 4 is 29.1 Å². The number of fused-ring (bicyclic) bond motifs is 2. The zero-order valence-corrected chi connectivity index (χ0v) is 19.8. The van der Waals surface area contributed by atoms with E-state index in [1.165, 1.54) is 0 Å². The number of pyridine rings is 1. The molecule has 0 fully saturated rings. The smallest absolute Gasteiger partial charge is 0.336 e. The Balaban J connectivity index is 1.90. The standard InChI is InChI=1S/C25H30ClN3O3/c1-14-19(24(30)32-12-11-31-4)20(15-7-5-6-8-17(15)26)21-22(27)16-13-25(2,3)10-9-18(16)29-23(21)28-14/h5-8,20H,9-13H2,1-4H3,(H3,27,28,29). The Morgan fingerprint density at radius 3 is 2.78 bits per heavy atom. The number of nitrogens with one attached hydrogen (secondary N) is 1. The Labute approximate surface area is 194 Å². The Hall–Kier alpha value is -2.57. The molecule has 1 aliphatic heterocycles. The van der Waals surface area contributed by atoms with Gasteiger partial charge in [0.2, 0.25) is 0 Å². The fraction of sp³-hybridized carbons (Fsp3) is 0.440. The molecule has 1 unspecified atom stereocenters. The van der Waals surface area contributed by atoms with E-state index in [4.69, 9.17) is 31.8 Å². The van der Waals surface area contributed by atoms with E-state index in [-0.39, 0.29) is 12.0 Å². The fourth-order valence-corrected chi connectivity index (χ4v) is 4.96. The van der Waals surface area contributed by atoms with Crippen molar-refractivity contribution in [3.8, 4) is 0 Å². The number of hydrogen-bond donors (Lipinski definition) is 2. The lowest BCUT2D eigenvalue weighted by atomic mass is 9.73. The van der Waals surface area contributed by atoms with E-state index in [1.807, 2.05) is 31.2 Å². The van der Waals surface area contributed by atoms with Crippen LogP contribution >= 0.6 is 11.6 Å². The van der Waals surface area contributed by atoms with Crippen molar-refractivity contribution in [3.63, 3.8) is 0 Å². The molecule has 1 atom stereocenters. The molecule has 1 aliphatic carbocycles. The molecule has 0 amide bonds. The average molecular weight is 456 g/mol. The van der Waals surface area contributed by atoms with E-state index >= 15 is 0 Å². The summed E-state index contributed by atoms with van der Waals surface area (Å²) in [7, 11) is 1.57. The molecular formula is C25H30ClN3O3. The van der Waals surface area contributed by atoms with E-state index in [0.717, 1.165) is 41.6 Å². The highest BCUT2D eigenvalue weighted by atomic mass is 35.5. The number of aryl methyl sites for hydroxylation is 1. The Bertz CT molecular complexity index is 1090. The molecule has 32 heavy (non-hydrogen) atoms. The van der Waals surface area contributed by atoms with Crippen molar-refractivity contribution < 1.29 is 14.3 Å². The largest absolute Gasteiger partial charge is 0.460 e. The Morgan fingerprint density at radius 1 is 1.31 bits per heavy atom. The molecule has 2 aliphatic rings. The number of benzene rings is 1. The van der Waals surface area contributed by atoms with Gasteiger partial charge in [-0.05, 0) is 48.8 Å².